The Labute approximate surface area is 154 Å². The number of rotatable bonds is 5. The highest BCUT2D eigenvalue weighted by Crippen LogP contribution is 2.34. The molecule has 1 fully saturated rings. The maximum atomic E-state index is 12.8. The normalized spacial score (nSPS) is 16.7. The second-order valence-corrected chi connectivity index (χ2v) is 7.23. The maximum Gasteiger partial charge on any atom is 0.183 e. The standard InChI is InChI=1S/C21H26N2O3/c1-14-11-18(15(2)23(14)17-5-3-4-6-17)19(24)13-22-16-7-8-20-21(12-16)26-10-9-25-20/h7-8,11-12,17,22H,3-6,9-10,13H2,1-2H3. The van der Waals surface area contributed by atoms with E-state index in [-0.39, 0.29) is 12.3 Å². The van der Waals surface area contributed by atoms with Crippen LogP contribution in [-0.4, -0.2) is 30.1 Å². The second-order valence-electron chi connectivity index (χ2n) is 7.23. The van der Waals surface area contributed by atoms with E-state index in [1.807, 2.05) is 24.3 Å². The number of fused-ring (bicyclic) bond motifs is 1. The highest BCUT2D eigenvalue weighted by atomic mass is 16.6. The summed E-state index contributed by atoms with van der Waals surface area (Å²) in [6, 6.07) is 8.29. The number of carbonyl (C=O) groups is 1. The van der Waals surface area contributed by atoms with Gasteiger partial charge in [-0.25, -0.2) is 0 Å². The number of aromatic nitrogens is 1. The molecule has 2 heterocycles. The van der Waals surface area contributed by atoms with Gasteiger partial charge in [0.15, 0.2) is 17.3 Å². The van der Waals surface area contributed by atoms with Crippen molar-refractivity contribution in [1.29, 1.82) is 0 Å². The number of benzene rings is 1. The molecule has 1 saturated carbocycles. The van der Waals surface area contributed by atoms with E-state index in [1.165, 1.54) is 31.4 Å². The van der Waals surface area contributed by atoms with Crippen LogP contribution in [-0.2, 0) is 0 Å². The van der Waals surface area contributed by atoms with E-state index in [1.54, 1.807) is 0 Å². The number of aryl methyl sites for hydroxylation is 1. The van der Waals surface area contributed by atoms with Crippen LogP contribution >= 0.6 is 0 Å². The molecule has 26 heavy (non-hydrogen) atoms. The number of anilines is 1. The minimum atomic E-state index is 0.122. The molecule has 2 aromatic rings. The van der Waals surface area contributed by atoms with Gasteiger partial charge in [-0.1, -0.05) is 12.8 Å². The van der Waals surface area contributed by atoms with Crippen molar-refractivity contribution in [3.8, 4) is 11.5 Å². The third-order valence-corrected chi connectivity index (χ3v) is 5.47. The smallest absolute Gasteiger partial charge is 0.183 e. The predicted molar refractivity (Wildman–Crippen MR) is 102 cm³/mol. The van der Waals surface area contributed by atoms with E-state index in [0.717, 1.165) is 28.4 Å². The summed E-state index contributed by atoms with van der Waals surface area (Å²) in [5, 5.41) is 3.22. The van der Waals surface area contributed by atoms with E-state index in [4.69, 9.17) is 9.47 Å². The van der Waals surface area contributed by atoms with Gasteiger partial charge in [0.2, 0.25) is 0 Å². The van der Waals surface area contributed by atoms with Crippen molar-refractivity contribution in [2.24, 2.45) is 0 Å². The SMILES string of the molecule is Cc1cc(C(=O)CNc2ccc3c(c2)OCCO3)c(C)n1C1CCCC1. The minimum absolute atomic E-state index is 0.122. The van der Waals surface area contributed by atoms with E-state index in [0.29, 0.717) is 19.3 Å². The largest absolute Gasteiger partial charge is 0.486 e. The number of Topliss-reactive ketones (excluding diaryl/α,β-unsaturated/α-hetero) is 1. The first-order chi connectivity index (χ1) is 12.6. The van der Waals surface area contributed by atoms with Crippen LogP contribution in [0.3, 0.4) is 0 Å². The maximum absolute atomic E-state index is 12.8. The summed E-state index contributed by atoms with van der Waals surface area (Å²) >= 11 is 0. The first kappa shape index (κ1) is 17.0. The van der Waals surface area contributed by atoms with E-state index >= 15 is 0 Å². The summed E-state index contributed by atoms with van der Waals surface area (Å²) in [6.45, 7) is 5.59. The number of ether oxygens (including phenoxy) is 2. The topological polar surface area (TPSA) is 52.5 Å². The molecule has 4 rings (SSSR count). The number of nitrogens with one attached hydrogen (secondary N) is 1. The van der Waals surface area contributed by atoms with Gasteiger partial charge in [0.25, 0.3) is 0 Å². The zero-order chi connectivity index (χ0) is 18.1. The van der Waals surface area contributed by atoms with Crippen LogP contribution in [0.25, 0.3) is 0 Å². The zero-order valence-corrected chi connectivity index (χ0v) is 15.5. The van der Waals surface area contributed by atoms with Gasteiger partial charge in [-0.2, -0.15) is 0 Å². The number of hydrogen-bond acceptors (Lipinski definition) is 4. The fourth-order valence-corrected chi connectivity index (χ4v) is 4.21. The summed E-state index contributed by atoms with van der Waals surface area (Å²) in [7, 11) is 0. The Morgan fingerprint density at radius 1 is 1.12 bits per heavy atom. The number of carbonyl (C=O) groups excluding carboxylic acids is 1. The molecule has 2 aliphatic rings. The molecule has 1 aliphatic heterocycles. The molecule has 0 amide bonds. The highest BCUT2D eigenvalue weighted by molar-refractivity contribution is 6.00. The Bertz CT molecular complexity index is 819. The molecule has 0 saturated heterocycles. The molecule has 0 unspecified atom stereocenters. The third-order valence-electron chi connectivity index (χ3n) is 5.47. The molecule has 138 valence electrons. The average molecular weight is 354 g/mol. The summed E-state index contributed by atoms with van der Waals surface area (Å²) in [5.74, 6) is 1.61. The van der Waals surface area contributed by atoms with Crippen LogP contribution < -0.4 is 14.8 Å². The molecule has 0 atom stereocenters. The van der Waals surface area contributed by atoms with Gasteiger partial charge in [-0.3, -0.25) is 4.79 Å². The Hall–Kier alpha value is -2.43. The van der Waals surface area contributed by atoms with Crippen LogP contribution in [0, 0.1) is 13.8 Å². The van der Waals surface area contributed by atoms with Crippen LogP contribution in [0.4, 0.5) is 5.69 Å². The van der Waals surface area contributed by atoms with Crippen molar-refractivity contribution in [2.75, 3.05) is 25.1 Å². The molecule has 0 bridgehead atoms. The molecule has 0 radical (unpaired) electrons. The lowest BCUT2D eigenvalue weighted by Crippen LogP contribution is -2.17. The number of nitrogens with zero attached hydrogens (tertiary/aromatic N) is 1. The van der Waals surface area contributed by atoms with E-state index in [2.05, 4.69) is 23.7 Å². The fourth-order valence-electron chi connectivity index (χ4n) is 4.21. The van der Waals surface area contributed by atoms with Gasteiger partial charge in [0.1, 0.15) is 13.2 Å². The number of ketones is 1. The van der Waals surface area contributed by atoms with E-state index < -0.39 is 0 Å². The molecule has 5 nitrogen and oxygen atoms in total. The lowest BCUT2D eigenvalue weighted by Gasteiger charge is -2.19. The summed E-state index contributed by atoms with van der Waals surface area (Å²) in [4.78, 5) is 12.8. The van der Waals surface area contributed by atoms with Gasteiger partial charge < -0.3 is 19.4 Å². The van der Waals surface area contributed by atoms with Crippen molar-refractivity contribution in [1.82, 2.24) is 4.57 Å². The molecule has 0 spiro atoms. The summed E-state index contributed by atoms with van der Waals surface area (Å²) < 4.78 is 13.5. The first-order valence-electron chi connectivity index (χ1n) is 9.48. The fraction of sp³-hybridized carbons (Fsp3) is 0.476. The van der Waals surface area contributed by atoms with Gasteiger partial charge in [0, 0.05) is 34.7 Å². The zero-order valence-electron chi connectivity index (χ0n) is 15.5. The van der Waals surface area contributed by atoms with Crippen LogP contribution in [0.5, 0.6) is 11.5 Å². The molecule has 5 heteroatoms. The van der Waals surface area contributed by atoms with Crippen molar-refractivity contribution in [2.45, 2.75) is 45.6 Å². The van der Waals surface area contributed by atoms with Gasteiger partial charge in [0.05, 0.1) is 6.54 Å². The summed E-state index contributed by atoms with van der Waals surface area (Å²) in [5.41, 5.74) is 3.99. The van der Waals surface area contributed by atoms with Crippen LogP contribution in [0.15, 0.2) is 24.3 Å². The highest BCUT2D eigenvalue weighted by Gasteiger charge is 2.23. The second kappa shape index (κ2) is 7.06. The Balaban J connectivity index is 1.46. The van der Waals surface area contributed by atoms with Crippen LogP contribution in [0.2, 0.25) is 0 Å². The van der Waals surface area contributed by atoms with Crippen molar-refractivity contribution < 1.29 is 14.3 Å². The average Bonchev–Trinajstić information content (AvgIpc) is 3.27. The summed E-state index contributed by atoms with van der Waals surface area (Å²) in [6.07, 6.45) is 5.02. The number of hydrogen-bond donors (Lipinski definition) is 1. The third kappa shape index (κ3) is 3.18. The molecular weight excluding hydrogens is 328 g/mol. The first-order valence-corrected chi connectivity index (χ1v) is 9.48. The van der Waals surface area contributed by atoms with Gasteiger partial charge >= 0.3 is 0 Å². The predicted octanol–water partition coefficient (Wildman–Crippen LogP) is 4.29. The van der Waals surface area contributed by atoms with Crippen molar-refractivity contribution in [3.63, 3.8) is 0 Å². The van der Waals surface area contributed by atoms with Crippen molar-refractivity contribution >= 4 is 11.5 Å². The van der Waals surface area contributed by atoms with Crippen molar-refractivity contribution in [3.05, 3.63) is 41.2 Å². The van der Waals surface area contributed by atoms with E-state index in [9.17, 15) is 4.79 Å². The Morgan fingerprint density at radius 3 is 2.62 bits per heavy atom. The Morgan fingerprint density at radius 2 is 1.85 bits per heavy atom. The quantitative estimate of drug-likeness (QED) is 0.814. The van der Waals surface area contributed by atoms with Crippen LogP contribution in [0.1, 0.15) is 53.5 Å². The molecule has 1 aliphatic carbocycles. The molecule has 1 aromatic carbocycles. The molecular formula is C21H26N2O3. The van der Waals surface area contributed by atoms with Gasteiger partial charge in [-0.05, 0) is 44.9 Å². The minimum Gasteiger partial charge on any atom is -0.486 e. The van der Waals surface area contributed by atoms with Gasteiger partial charge in [-0.15, -0.1) is 0 Å². The lowest BCUT2D eigenvalue weighted by molar-refractivity contribution is 0.101. The molecule has 1 N–H and O–H groups in total. The lowest BCUT2D eigenvalue weighted by atomic mass is 10.1. The Kier molecular flexibility index (Phi) is 4.62. The molecule has 1 aromatic heterocycles. The monoisotopic (exact) mass is 354 g/mol.